The Bertz CT molecular complexity index is 1400. The minimum Gasteiger partial charge on any atom is -0.349 e. The van der Waals surface area contributed by atoms with Crippen LogP contribution in [-0.4, -0.2) is 52.3 Å². The highest BCUT2D eigenvalue weighted by Crippen LogP contribution is 2.29. The van der Waals surface area contributed by atoms with Crippen LogP contribution in [0.3, 0.4) is 0 Å². The number of aryl methyl sites for hydroxylation is 1. The molecule has 2 atom stereocenters. The van der Waals surface area contributed by atoms with Crippen LogP contribution in [0.15, 0.2) is 53.7 Å². The summed E-state index contributed by atoms with van der Waals surface area (Å²) in [5, 5.41) is 2.48. The van der Waals surface area contributed by atoms with E-state index in [0.29, 0.717) is 17.0 Å². The molecule has 3 aromatic rings. The second-order valence-corrected chi connectivity index (χ2v) is 10.2. The molecule has 2 aromatic heterocycles. The molecule has 14 heteroatoms. The predicted molar refractivity (Wildman–Crippen MR) is 120 cm³/mol. The van der Waals surface area contributed by atoms with Gasteiger partial charge in [-0.15, -0.1) is 0 Å². The summed E-state index contributed by atoms with van der Waals surface area (Å²) in [6.07, 6.45) is -4.62. The number of benzene rings is 1. The second-order valence-electron chi connectivity index (χ2n) is 8.32. The van der Waals surface area contributed by atoms with Gasteiger partial charge in [-0.1, -0.05) is 0 Å². The maximum absolute atomic E-state index is 14.7. The van der Waals surface area contributed by atoms with Crippen LogP contribution in [0, 0.1) is 12.7 Å². The Kier molecular flexibility index (Phi) is 7.24. The van der Waals surface area contributed by atoms with Crippen LogP contribution < -0.4 is 5.32 Å². The summed E-state index contributed by atoms with van der Waals surface area (Å²) in [4.78, 5) is 23.5. The van der Waals surface area contributed by atoms with E-state index < -0.39 is 46.0 Å². The van der Waals surface area contributed by atoms with Crippen molar-refractivity contribution in [2.45, 2.75) is 43.2 Å². The number of aromatic nitrogens is 3. The maximum atomic E-state index is 14.7. The van der Waals surface area contributed by atoms with Crippen LogP contribution in [0.25, 0.3) is 11.1 Å². The van der Waals surface area contributed by atoms with E-state index in [-0.39, 0.29) is 30.0 Å². The zero-order valence-corrected chi connectivity index (χ0v) is 20.0. The number of carbonyl (C=O) groups is 1. The normalized spacial score (nSPS) is 18.6. The first-order valence-electron chi connectivity index (χ1n) is 10.9. The van der Waals surface area contributed by atoms with E-state index in [9.17, 15) is 35.2 Å². The first-order valence-corrected chi connectivity index (χ1v) is 12.4. The van der Waals surface area contributed by atoms with Crippen molar-refractivity contribution in [1.29, 1.82) is 0 Å². The molecule has 0 spiro atoms. The Balaban J connectivity index is 1.51. The van der Waals surface area contributed by atoms with Gasteiger partial charge in [-0.25, -0.2) is 27.2 Å². The van der Waals surface area contributed by atoms with Crippen LogP contribution >= 0.6 is 0 Å². The monoisotopic (exact) mass is 541 g/mol. The molecule has 1 aromatic carbocycles. The Morgan fingerprint density at radius 1 is 1.11 bits per heavy atom. The molecular formula is C23H20F5N5O3S. The molecule has 0 aliphatic carbocycles. The molecule has 1 saturated heterocycles. The molecular weight excluding hydrogens is 521 g/mol. The summed E-state index contributed by atoms with van der Waals surface area (Å²) in [5.41, 5.74) is 1.49. The van der Waals surface area contributed by atoms with Crippen molar-refractivity contribution in [3.63, 3.8) is 0 Å². The quantitative estimate of drug-likeness (QED) is 0.480. The third-order valence-corrected chi connectivity index (χ3v) is 7.55. The lowest BCUT2D eigenvalue weighted by atomic mass is 10.1. The number of nitrogens with one attached hydrogen (secondary N) is 1. The summed E-state index contributed by atoms with van der Waals surface area (Å²) in [7, 11) is -4.27. The Hall–Kier alpha value is -3.52. The van der Waals surface area contributed by atoms with E-state index in [0.717, 1.165) is 41.0 Å². The highest BCUT2D eigenvalue weighted by atomic mass is 32.2. The van der Waals surface area contributed by atoms with Gasteiger partial charge in [0.25, 0.3) is 0 Å². The van der Waals surface area contributed by atoms with Gasteiger partial charge in [0.2, 0.25) is 21.8 Å². The lowest BCUT2D eigenvalue weighted by Crippen LogP contribution is -2.49. The molecule has 196 valence electrons. The van der Waals surface area contributed by atoms with Crippen LogP contribution in [0.5, 0.6) is 0 Å². The fraction of sp³-hybridized carbons (Fsp3) is 0.304. The van der Waals surface area contributed by atoms with E-state index in [1.54, 1.807) is 13.0 Å². The fourth-order valence-electron chi connectivity index (χ4n) is 3.93. The Morgan fingerprint density at radius 2 is 1.76 bits per heavy atom. The zero-order valence-electron chi connectivity index (χ0n) is 19.2. The zero-order chi connectivity index (χ0) is 27.0. The maximum Gasteiger partial charge on any atom is 0.451 e. The Labute approximate surface area is 208 Å². The molecule has 1 N–H and O–H groups in total. The first-order chi connectivity index (χ1) is 17.4. The number of amides is 1. The lowest BCUT2D eigenvalue weighted by Gasteiger charge is -2.24. The van der Waals surface area contributed by atoms with E-state index in [2.05, 4.69) is 20.3 Å². The van der Waals surface area contributed by atoms with Crippen LogP contribution in [0.4, 0.5) is 22.0 Å². The average molecular weight is 542 g/mol. The third kappa shape index (κ3) is 5.74. The highest BCUT2D eigenvalue weighted by molar-refractivity contribution is 7.89. The molecule has 1 aliphatic heterocycles. The van der Waals surface area contributed by atoms with Crippen molar-refractivity contribution in [3.8, 4) is 11.1 Å². The number of hydrogen-bond acceptors (Lipinski definition) is 6. The summed E-state index contributed by atoms with van der Waals surface area (Å²) >= 11 is 0. The van der Waals surface area contributed by atoms with Crippen molar-refractivity contribution in [3.05, 3.63) is 71.8 Å². The molecule has 0 radical (unpaired) electrons. The van der Waals surface area contributed by atoms with Gasteiger partial charge < -0.3 is 5.32 Å². The highest BCUT2D eigenvalue weighted by Gasteiger charge is 2.46. The summed E-state index contributed by atoms with van der Waals surface area (Å²) in [6.45, 7) is 1.19. The smallest absolute Gasteiger partial charge is 0.349 e. The lowest BCUT2D eigenvalue weighted by molar-refractivity contribution is -0.145. The first kappa shape index (κ1) is 26.5. The van der Waals surface area contributed by atoms with E-state index >= 15 is 0 Å². The summed E-state index contributed by atoms with van der Waals surface area (Å²) in [5.74, 6) is -2.82. The Morgan fingerprint density at radius 3 is 2.38 bits per heavy atom. The number of rotatable bonds is 6. The van der Waals surface area contributed by atoms with Crippen LogP contribution in [0.2, 0.25) is 0 Å². The molecule has 0 saturated carbocycles. The molecule has 1 aliphatic rings. The van der Waals surface area contributed by atoms with Gasteiger partial charge in [-0.3, -0.25) is 9.78 Å². The minimum absolute atomic E-state index is 0.195. The topological polar surface area (TPSA) is 105 Å². The predicted octanol–water partition coefficient (Wildman–Crippen LogP) is 3.42. The van der Waals surface area contributed by atoms with Crippen molar-refractivity contribution >= 4 is 15.9 Å². The molecule has 0 bridgehead atoms. The van der Waals surface area contributed by atoms with Crippen molar-refractivity contribution in [1.82, 2.24) is 24.6 Å². The molecule has 1 fully saturated rings. The molecule has 0 unspecified atom stereocenters. The summed E-state index contributed by atoms with van der Waals surface area (Å²) in [6, 6.07) is 5.42. The molecule has 4 rings (SSSR count). The average Bonchev–Trinajstić information content (AvgIpc) is 3.24. The summed E-state index contributed by atoms with van der Waals surface area (Å²) < 4.78 is 92.8. The number of alkyl halides is 4. The van der Waals surface area contributed by atoms with Gasteiger partial charge in [-0.05, 0) is 55.3 Å². The van der Waals surface area contributed by atoms with Gasteiger partial charge in [0.15, 0.2) is 0 Å². The largest absolute Gasteiger partial charge is 0.451 e. The van der Waals surface area contributed by atoms with E-state index in [1.807, 2.05) is 0 Å². The van der Waals surface area contributed by atoms with Gasteiger partial charge >= 0.3 is 6.18 Å². The molecule has 8 nitrogen and oxygen atoms in total. The number of pyridine rings is 1. The van der Waals surface area contributed by atoms with Crippen LogP contribution in [0.1, 0.15) is 23.6 Å². The minimum atomic E-state index is -4.69. The third-order valence-electron chi connectivity index (χ3n) is 5.66. The van der Waals surface area contributed by atoms with Crippen molar-refractivity contribution in [2.75, 3.05) is 6.54 Å². The van der Waals surface area contributed by atoms with Gasteiger partial charge in [0.05, 0.1) is 17.1 Å². The van der Waals surface area contributed by atoms with E-state index in [4.69, 9.17) is 0 Å². The van der Waals surface area contributed by atoms with Gasteiger partial charge in [0.1, 0.15) is 18.0 Å². The number of sulfonamides is 1. The van der Waals surface area contributed by atoms with Crippen molar-refractivity contribution < 1.29 is 35.2 Å². The van der Waals surface area contributed by atoms with Gasteiger partial charge in [-0.2, -0.15) is 17.5 Å². The number of halogens is 5. The molecule has 37 heavy (non-hydrogen) atoms. The SMILES string of the molecule is Cc1cc(-c2cnc(C(F)(F)F)nc2)cc(CNC(=O)[C@@H]2[C@@H](F)CCN2S(=O)(=O)c2ccc(F)cc2)n1. The van der Waals surface area contributed by atoms with Crippen molar-refractivity contribution in [2.24, 2.45) is 0 Å². The standard InChI is InChI=1S/C23H20F5N5O3S/c1-13-8-14(15-10-30-22(31-11-15)23(26,27)28)9-17(32-13)12-29-21(34)20-19(25)6-7-33(20)37(35,36)18-4-2-16(24)3-5-18/h2-5,8-11,19-20H,6-7,12H2,1H3,(H,29,34)/t19-,20-/m0/s1. The fourth-order valence-corrected chi connectivity index (χ4v) is 5.56. The van der Waals surface area contributed by atoms with Gasteiger partial charge in [0, 0.05) is 30.2 Å². The second kappa shape index (κ2) is 10.1. The van der Waals surface area contributed by atoms with E-state index in [1.165, 1.54) is 6.07 Å². The number of hydrogen-bond donors (Lipinski definition) is 1. The molecule has 1 amide bonds. The number of carbonyl (C=O) groups excluding carboxylic acids is 1. The van der Waals surface area contributed by atoms with Crippen LogP contribution in [-0.2, 0) is 27.5 Å². The molecule has 3 heterocycles. The number of nitrogens with zero attached hydrogens (tertiary/aromatic N) is 4.